The zero-order valence-electron chi connectivity index (χ0n) is 38.2. The smallest absolute Gasteiger partial charge is 0.328 e. The number of rotatable bonds is 16. The van der Waals surface area contributed by atoms with Crippen LogP contribution in [0.15, 0.2) is 89.7 Å². The van der Waals surface area contributed by atoms with Crippen LogP contribution in [-0.4, -0.2) is 45.5 Å². The average molecular weight is 879 g/mol. The van der Waals surface area contributed by atoms with E-state index in [9.17, 15) is 24.0 Å². The standard InChI is InChI=1S/C57H54N2O7/c1-5-7-9-11-13-19-35-65-55-45(33-31-37-23-21-29-43-47(37)53(62)41-27-17-15-25-39(41)51(43)60)49-50(59(4)57(64)58(49)3)46(56(55)66-36-20-14-12-10-8-6-2)34-32-38-24-22-30-44-48(38)54(63)42-28-18-16-26-40(42)52(44)61/h15-18,21-30H,5-14,19-20,35-36H2,1-4H3. The second-order valence-electron chi connectivity index (χ2n) is 17.1. The summed E-state index contributed by atoms with van der Waals surface area (Å²) in [5.74, 6) is 12.7. The Balaban J connectivity index is 1.32. The minimum absolute atomic E-state index is 0.227. The normalized spacial score (nSPS) is 12.4. The molecule has 5 aromatic carbocycles. The van der Waals surface area contributed by atoms with Crippen LogP contribution in [0.4, 0.5) is 0 Å². The molecule has 0 spiro atoms. The number of carbonyl (C=O) groups excluding carboxylic acids is 4. The summed E-state index contributed by atoms with van der Waals surface area (Å²) in [4.78, 5) is 69.7. The van der Waals surface area contributed by atoms with E-state index in [0.29, 0.717) is 80.3 Å². The molecule has 2 aliphatic carbocycles. The molecular formula is C57H54N2O7. The summed E-state index contributed by atoms with van der Waals surface area (Å²) < 4.78 is 16.6. The molecule has 0 saturated heterocycles. The lowest BCUT2D eigenvalue weighted by atomic mass is 9.82. The van der Waals surface area contributed by atoms with Gasteiger partial charge in [0.15, 0.2) is 34.6 Å². The van der Waals surface area contributed by atoms with E-state index in [1.165, 1.54) is 9.13 Å². The molecule has 0 aliphatic heterocycles. The van der Waals surface area contributed by atoms with E-state index in [1.807, 2.05) is 0 Å². The third kappa shape index (κ3) is 8.66. The maximum absolute atomic E-state index is 14.1. The van der Waals surface area contributed by atoms with Gasteiger partial charge in [0, 0.05) is 69.7 Å². The van der Waals surface area contributed by atoms with Crippen molar-refractivity contribution in [2.75, 3.05) is 13.2 Å². The van der Waals surface area contributed by atoms with Gasteiger partial charge in [-0.2, -0.15) is 0 Å². The summed E-state index contributed by atoms with van der Waals surface area (Å²) in [6, 6.07) is 23.8. The maximum atomic E-state index is 14.1. The second kappa shape index (κ2) is 20.3. The number of aryl methyl sites for hydroxylation is 2. The fraction of sp³-hybridized carbons (Fsp3) is 0.316. The number of ketones is 4. The highest BCUT2D eigenvalue weighted by Gasteiger charge is 2.33. The number of hydrogen-bond acceptors (Lipinski definition) is 7. The first-order valence-electron chi connectivity index (χ1n) is 23.4. The van der Waals surface area contributed by atoms with Crippen molar-refractivity contribution in [1.29, 1.82) is 0 Å². The van der Waals surface area contributed by atoms with Gasteiger partial charge in [0.05, 0.1) is 35.4 Å². The van der Waals surface area contributed by atoms with Crippen molar-refractivity contribution >= 4 is 34.2 Å². The minimum atomic E-state index is -0.338. The molecule has 0 atom stereocenters. The van der Waals surface area contributed by atoms with Crippen molar-refractivity contribution in [3.63, 3.8) is 0 Å². The number of unbranched alkanes of at least 4 members (excludes halogenated alkanes) is 10. The Hall–Kier alpha value is -7.23. The summed E-state index contributed by atoms with van der Waals surface area (Å²) in [6.45, 7) is 5.04. The largest absolute Gasteiger partial charge is 0.488 e. The number of imidazole rings is 1. The Kier molecular flexibility index (Phi) is 13.9. The summed E-state index contributed by atoms with van der Waals surface area (Å²) in [6.07, 6.45) is 12.4. The summed E-state index contributed by atoms with van der Waals surface area (Å²) in [5, 5.41) is 0. The van der Waals surface area contributed by atoms with Gasteiger partial charge in [-0.1, -0.05) is 175 Å². The average Bonchev–Trinajstić information content (AvgIpc) is 3.56. The zero-order chi connectivity index (χ0) is 46.3. The predicted molar refractivity (Wildman–Crippen MR) is 257 cm³/mol. The first kappa shape index (κ1) is 45.3. The number of carbonyl (C=O) groups is 4. The van der Waals surface area contributed by atoms with Gasteiger partial charge in [0.2, 0.25) is 0 Å². The highest BCUT2D eigenvalue weighted by molar-refractivity contribution is 6.30. The Morgan fingerprint density at radius 2 is 0.758 bits per heavy atom. The monoisotopic (exact) mass is 878 g/mol. The van der Waals surface area contributed by atoms with Crippen molar-refractivity contribution in [3.05, 3.63) is 162 Å². The Labute approximate surface area is 386 Å². The molecule has 2 aliphatic rings. The molecule has 1 heterocycles. The molecule has 9 heteroatoms. The Morgan fingerprint density at radius 1 is 0.409 bits per heavy atom. The van der Waals surface area contributed by atoms with Crippen LogP contribution in [0.25, 0.3) is 11.0 Å². The number of nitrogens with zero attached hydrogens (tertiary/aromatic N) is 2. The van der Waals surface area contributed by atoms with Gasteiger partial charge in [0.1, 0.15) is 0 Å². The van der Waals surface area contributed by atoms with Crippen molar-refractivity contribution in [3.8, 4) is 35.2 Å². The van der Waals surface area contributed by atoms with Crippen LogP contribution in [-0.2, 0) is 14.1 Å². The highest BCUT2D eigenvalue weighted by Crippen LogP contribution is 2.42. The molecule has 66 heavy (non-hydrogen) atoms. The van der Waals surface area contributed by atoms with Crippen molar-refractivity contribution in [2.24, 2.45) is 14.1 Å². The predicted octanol–water partition coefficient (Wildman–Crippen LogP) is 10.7. The van der Waals surface area contributed by atoms with Crippen molar-refractivity contribution < 1.29 is 28.7 Å². The number of aromatic nitrogens is 2. The fourth-order valence-corrected chi connectivity index (χ4v) is 9.13. The SMILES string of the molecule is CCCCCCCCOc1c(OCCCCCCCC)c(C#Cc2cccc3c2C(=O)c2ccccc2C3=O)c2c(c1C#Cc1cccc3c1C(=O)c1ccccc1C3=O)n(C)c(=O)n2C. The first-order valence-corrected chi connectivity index (χ1v) is 23.4. The zero-order valence-corrected chi connectivity index (χ0v) is 38.2. The Bertz CT molecular complexity index is 2900. The topological polar surface area (TPSA) is 114 Å². The van der Waals surface area contributed by atoms with Crippen LogP contribution in [0, 0.1) is 23.7 Å². The van der Waals surface area contributed by atoms with Gasteiger partial charge in [-0.25, -0.2) is 4.79 Å². The summed E-state index contributed by atoms with van der Waals surface area (Å²) in [7, 11) is 3.33. The maximum Gasteiger partial charge on any atom is 0.328 e. The number of hydrogen-bond donors (Lipinski definition) is 0. The number of benzene rings is 5. The molecule has 0 fully saturated rings. The molecule has 334 valence electrons. The van der Waals surface area contributed by atoms with Crippen molar-refractivity contribution in [2.45, 2.75) is 90.9 Å². The lowest BCUT2D eigenvalue weighted by Crippen LogP contribution is -2.21. The van der Waals surface area contributed by atoms with Crippen LogP contribution in [0.3, 0.4) is 0 Å². The van der Waals surface area contributed by atoms with Gasteiger partial charge in [-0.05, 0) is 25.0 Å². The third-order valence-electron chi connectivity index (χ3n) is 12.6. The van der Waals surface area contributed by atoms with E-state index in [2.05, 4.69) is 37.5 Å². The van der Waals surface area contributed by atoms with E-state index in [1.54, 1.807) is 99.0 Å². The van der Waals surface area contributed by atoms with Crippen molar-refractivity contribution in [1.82, 2.24) is 9.13 Å². The molecule has 0 unspecified atom stereocenters. The van der Waals surface area contributed by atoms with E-state index in [4.69, 9.17) is 9.47 Å². The van der Waals surface area contributed by atoms with Crippen LogP contribution in [0.5, 0.6) is 11.5 Å². The lowest BCUT2D eigenvalue weighted by molar-refractivity contribution is 0.0979. The summed E-state index contributed by atoms with van der Waals surface area (Å²) in [5.41, 5.74) is 4.40. The molecule has 1 aromatic heterocycles. The van der Waals surface area contributed by atoms with Gasteiger partial charge >= 0.3 is 5.69 Å². The Morgan fingerprint density at radius 3 is 1.15 bits per heavy atom. The third-order valence-corrected chi connectivity index (χ3v) is 12.6. The number of ether oxygens (including phenoxy) is 2. The second-order valence-corrected chi connectivity index (χ2v) is 17.1. The fourth-order valence-electron chi connectivity index (χ4n) is 9.13. The van der Waals surface area contributed by atoms with Gasteiger partial charge in [-0.15, -0.1) is 0 Å². The van der Waals surface area contributed by atoms with Crippen LogP contribution < -0.4 is 15.2 Å². The molecule has 0 saturated carbocycles. The molecule has 0 radical (unpaired) electrons. The molecule has 8 rings (SSSR count). The highest BCUT2D eigenvalue weighted by atomic mass is 16.5. The molecule has 0 bridgehead atoms. The van der Waals surface area contributed by atoms with Crippen LogP contribution >= 0.6 is 0 Å². The number of fused-ring (bicyclic) bond motifs is 5. The molecule has 0 N–H and O–H groups in total. The van der Waals surface area contributed by atoms with Gasteiger partial charge < -0.3 is 9.47 Å². The van der Waals surface area contributed by atoms with Crippen LogP contribution in [0.2, 0.25) is 0 Å². The van der Waals surface area contributed by atoms with E-state index >= 15 is 0 Å². The molecule has 9 nitrogen and oxygen atoms in total. The lowest BCUT2D eigenvalue weighted by Gasteiger charge is -2.19. The molecular weight excluding hydrogens is 825 g/mol. The van der Waals surface area contributed by atoms with E-state index in [-0.39, 0.29) is 51.1 Å². The van der Waals surface area contributed by atoms with E-state index < -0.39 is 0 Å². The van der Waals surface area contributed by atoms with E-state index in [0.717, 1.165) is 77.0 Å². The quantitative estimate of drug-likeness (QED) is 0.0701. The van der Waals surface area contributed by atoms with Gasteiger partial charge in [0.25, 0.3) is 0 Å². The minimum Gasteiger partial charge on any atom is -0.488 e. The van der Waals surface area contributed by atoms with Gasteiger partial charge in [-0.3, -0.25) is 28.3 Å². The first-order chi connectivity index (χ1) is 32.2. The molecule has 0 amide bonds. The van der Waals surface area contributed by atoms with Crippen LogP contribution in [0.1, 0.15) is 177 Å². The molecule has 6 aromatic rings. The summed E-state index contributed by atoms with van der Waals surface area (Å²) >= 11 is 0.